The van der Waals surface area contributed by atoms with Gasteiger partial charge in [0, 0.05) is 24.9 Å². The quantitative estimate of drug-likeness (QED) is 0.568. The Kier molecular flexibility index (Phi) is 6.13. The number of rotatable bonds is 8. The fourth-order valence-corrected chi connectivity index (χ4v) is 4.48. The summed E-state index contributed by atoms with van der Waals surface area (Å²) in [6.45, 7) is 7.19. The third-order valence-electron chi connectivity index (χ3n) is 6.34. The summed E-state index contributed by atoms with van der Waals surface area (Å²) in [6, 6.07) is 19.8. The van der Waals surface area contributed by atoms with Crippen molar-refractivity contribution in [3.8, 4) is 0 Å². The summed E-state index contributed by atoms with van der Waals surface area (Å²) < 4.78 is 5.94. The van der Waals surface area contributed by atoms with E-state index in [2.05, 4.69) is 71.4 Å². The van der Waals surface area contributed by atoms with Crippen molar-refractivity contribution in [2.75, 3.05) is 26.3 Å². The van der Waals surface area contributed by atoms with Crippen molar-refractivity contribution in [3.05, 3.63) is 71.9 Å². The van der Waals surface area contributed by atoms with Crippen molar-refractivity contribution in [2.24, 2.45) is 5.41 Å². The van der Waals surface area contributed by atoms with Gasteiger partial charge in [0.15, 0.2) is 0 Å². The molecule has 148 valence electrons. The number of nitrogens with zero attached hydrogens (tertiary/aromatic N) is 1. The minimum absolute atomic E-state index is 0.326. The van der Waals surface area contributed by atoms with Gasteiger partial charge in [-0.1, -0.05) is 36.4 Å². The van der Waals surface area contributed by atoms with E-state index in [1.165, 1.54) is 41.3 Å². The molecule has 3 aromatic rings. The molecule has 1 aliphatic rings. The Morgan fingerprint density at radius 3 is 2.61 bits per heavy atom. The molecular weight excluding hydrogens is 344 g/mol. The van der Waals surface area contributed by atoms with Gasteiger partial charge in [-0.3, -0.25) is 4.90 Å². The standard InChI is InChI=1S/C25H32N2O/c1-2-28-20-25(12-10-21-6-4-3-5-7-21)13-16-27(17-14-25)19-22-8-9-24-23(18-22)11-15-26-24/h3-9,11,15,18,26H,2,10,12-14,16-17,19-20H2,1H3. The Morgan fingerprint density at radius 1 is 1.00 bits per heavy atom. The molecular formula is C25H32N2O. The lowest BCUT2D eigenvalue weighted by molar-refractivity contribution is -0.00231. The second kappa shape index (κ2) is 8.93. The number of hydrogen-bond donors (Lipinski definition) is 1. The molecule has 0 amide bonds. The zero-order chi connectivity index (χ0) is 19.2. The maximum absolute atomic E-state index is 5.94. The number of fused-ring (bicyclic) bond motifs is 1. The minimum atomic E-state index is 0.326. The van der Waals surface area contributed by atoms with Gasteiger partial charge >= 0.3 is 0 Å². The van der Waals surface area contributed by atoms with Crippen LogP contribution in [0.15, 0.2) is 60.8 Å². The van der Waals surface area contributed by atoms with Gasteiger partial charge in [-0.15, -0.1) is 0 Å². The average Bonchev–Trinajstić information content (AvgIpc) is 3.21. The molecule has 3 nitrogen and oxygen atoms in total. The van der Waals surface area contributed by atoms with E-state index in [-0.39, 0.29) is 0 Å². The summed E-state index contributed by atoms with van der Waals surface area (Å²) in [6.07, 6.45) is 6.85. The molecule has 2 heterocycles. The highest BCUT2D eigenvalue weighted by Gasteiger charge is 2.34. The molecule has 0 atom stereocenters. The summed E-state index contributed by atoms with van der Waals surface area (Å²) in [5, 5.41) is 1.31. The van der Waals surface area contributed by atoms with E-state index in [4.69, 9.17) is 4.74 Å². The summed E-state index contributed by atoms with van der Waals surface area (Å²) in [5.41, 5.74) is 4.40. The second-order valence-electron chi connectivity index (χ2n) is 8.30. The smallest absolute Gasteiger partial charge is 0.0523 e. The van der Waals surface area contributed by atoms with E-state index in [0.29, 0.717) is 5.41 Å². The Hall–Kier alpha value is -2.10. The molecule has 2 aromatic carbocycles. The number of benzene rings is 2. The lowest BCUT2D eigenvalue weighted by Gasteiger charge is -2.42. The van der Waals surface area contributed by atoms with Crippen LogP contribution in [-0.2, 0) is 17.7 Å². The van der Waals surface area contributed by atoms with Crippen LogP contribution in [0.5, 0.6) is 0 Å². The highest BCUT2D eigenvalue weighted by atomic mass is 16.5. The third-order valence-corrected chi connectivity index (χ3v) is 6.34. The average molecular weight is 377 g/mol. The molecule has 0 aliphatic carbocycles. The normalized spacial score (nSPS) is 17.2. The van der Waals surface area contributed by atoms with E-state index in [9.17, 15) is 0 Å². The largest absolute Gasteiger partial charge is 0.381 e. The van der Waals surface area contributed by atoms with E-state index in [1.54, 1.807) is 0 Å². The first kappa shape index (κ1) is 19.2. The van der Waals surface area contributed by atoms with E-state index in [0.717, 1.165) is 39.3 Å². The summed E-state index contributed by atoms with van der Waals surface area (Å²) in [5.74, 6) is 0. The van der Waals surface area contributed by atoms with Crippen LogP contribution in [0.3, 0.4) is 0 Å². The van der Waals surface area contributed by atoms with Gasteiger partial charge < -0.3 is 9.72 Å². The number of H-pyrrole nitrogens is 1. The molecule has 1 aromatic heterocycles. The maximum Gasteiger partial charge on any atom is 0.0523 e. The summed E-state index contributed by atoms with van der Waals surface area (Å²) >= 11 is 0. The zero-order valence-corrected chi connectivity index (χ0v) is 17.0. The van der Waals surface area contributed by atoms with Gasteiger partial charge in [0.2, 0.25) is 0 Å². The van der Waals surface area contributed by atoms with E-state index in [1.807, 2.05) is 6.20 Å². The molecule has 0 radical (unpaired) electrons. The predicted molar refractivity (Wildman–Crippen MR) is 116 cm³/mol. The molecule has 3 heteroatoms. The predicted octanol–water partition coefficient (Wildman–Crippen LogP) is 5.42. The topological polar surface area (TPSA) is 28.3 Å². The molecule has 1 aliphatic heterocycles. The zero-order valence-electron chi connectivity index (χ0n) is 17.0. The lowest BCUT2D eigenvalue weighted by atomic mass is 9.74. The number of likely N-dealkylation sites (tertiary alicyclic amines) is 1. The van der Waals surface area contributed by atoms with Crippen molar-refractivity contribution < 1.29 is 4.74 Å². The van der Waals surface area contributed by atoms with Crippen LogP contribution < -0.4 is 0 Å². The molecule has 0 spiro atoms. The van der Waals surface area contributed by atoms with Gasteiger partial charge in [-0.2, -0.15) is 0 Å². The Bertz CT molecular complexity index is 862. The van der Waals surface area contributed by atoms with Gasteiger partial charge in [-0.25, -0.2) is 0 Å². The number of ether oxygens (including phenoxy) is 1. The van der Waals surface area contributed by atoms with Crippen LogP contribution in [0.25, 0.3) is 10.9 Å². The van der Waals surface area contributed by atoms with Crippen LogP contribution in [0.4, 0.5) is 0 Å². The van der Waals surface area contributed by atoms with Crippen molar-refractivity contribution in [3.63, 3.8) is 0 Å². The summed E-state index contributed by atoms with van der Waals surface area (Å²) in [7, 11) is 0. The molecule has 28 heavy (non-hydrogen) atoms. The van der Waals surface area contributed by atoms with Crippen molar-refractivity contribution in [1.82, 2.24) is 9.88 Å². The number of aromatic amines is 1. The summed E-state index contributed by atoms with van der Waals surface area (Å²) in [4.78, 5) is 5.89. The van der Waals surface area contributed by atoms with Crippen LogP contribution in [0.1, 0.15) is 37.3 Å². The fraction of sp³-hybridized carbons (Fsp3) is 0.440. The first-order chi connectivity index (χ1) is 13.8. The fourth-order valence-electron chi connectivity index (χ4n) is 4.48. The minimum Gasteiger partial charge on any atom is -0.381 e. The van der Waals surface area contributed by atoms with Crippen molar-refractivity contribution in [2.45, 2.75) is 39.2 Å². The van der Waals surface area contributed by atoms with Gasteiger partial charge in [0.1, 0.15) is 0 Å². The van der Waals surface area contributed by atoms with E-state index >= 15 is 0 Å². The SMILES string of the molecule is CCOCC1(CCc2ccccc2)CCN(Cc2ccc3[nH]ccc3c2)CC1. The Labute approximate surface area is 168 Å². The third kappa shape index (κ3) is 4.65. The lowest BCUT2D eigenvalue weighted by Crippen LogP contribution is -2.42. The van der Waals surface area contributed by atoms with Crippen molar-refractivity contribution >= 4 is 10.9 Å². The molecule has 1 saturated heterocycles. The van der Waals surface area contributed by atoms with Crippen molar-refractivity contribution in [1.29, 1.82) is 0 Å². The molecule has 1 fully saturated rings. The molecule has 0 unspecified atom stereocenters. The monoisotopic (exact) mass is 376 g/mol. The molecule has 1 N–H and O–H groups in total. The first-order valence-electron chi connectivity index (χ1n) is 10.7. The molecule has 0 saturated carbocycles. The van der Waals surface area contributed by atoms with Gasteiger partial charge in [0.25, 0.3) is 0 Å². The second-order valence-corrected chi connectivity index (χ2v) is 8.30. The highest BCUT2D eigenvalue weighted by molar-refractivity contribution is 5.79. The van der Waals surface area contributed by atoms with Gasteiger partial charge in [-0.05, 0) is 85.8 Å². The van der Waals surface area contributed by atoms with Crippen LogP contribution in [0, 0.1) is 5.41 Å². The number of piperidine rings is 1. The number of aromatic nitrogens is 1. The van der Waals surface area contributed by atoms with Crippen LogP contribution in [-0.4, -0.2) is 36.2 Å². The highest BCUT2D eigenvalue weighted by Crippen LogP contribution is 2.37. The van der Waals surface area contributed by atoms with Crippen LogP contribution in [0.2, 0.25) is 0 Å². The number of hydrogen-bond acceptors (Lipinski definition) is 2. The van der Waals surface area contributed by atoms with Gasteiger partial charge in [0.05, 0.1) is 6.61 Å². The molecule has 4 rings (SSSR count). The van der Waals surface area contributed by atoms with E-state index < -0.39 is 0 Å². The van der Waals surface area contributed by atoms with Crippen LogP contribution >= 0.6 is 0 Å². The first-order valence-corrected chi connectivity index (χ1v) is 10.7. The molecule has 0 bridgehead atoms. The number of aryl methyl sites for hydroxylation is 1. The number of nitrogens with one attached hydrogen (secondary N) is 1. The Balaban J connectivity index is 1.36. The maximum atomic E-state index is 5.94. The Morgan fingerprint density at radius 2 is 1.82 bits per heavy atom.